The van der Waals surface area contributed by atoms with Gasteiger partial charge in [-0.3, -0.25) is 0 Å². The summed E-state index contributed by atoms with van der Waals surface area (Å²) < 4.78 is 0. The molecule has 1 unspecified atom stereocenters. The van der Waals surface area contributed by atoms with Crippen molar-refractivity contribution in [2.24, 2.45) is 0 Å². The summed E-state index contributed by atoms with van der Waals surface area (Å²) in [6, 6.07) is 0. The molecule has 0 aliphatic carbocycles. The summed E-state index contributed by atoms with van der Waals surface area (Å²) in [5, 5.41) is 0. The van der Waals surface area contributed by atoms with E-state index in [0.29, 0.717) is 0 Å². The van der Waals surface area contributed by atoms with Crippen molar-refractivity contribution in [2.45, 2.75) is 0 Å². The molecule has 0 radical (unpaired) electrons. The Morgan fingerprint density at radius 2 is 0.667 bits per heavy atom. The van der Waals surface area contributed by atoms with Crippen LogP contribution in [0.25, 0.3) is 0 Å². The van der Waals surface area contributed by atoms with Gasteiger partial charge in [0.05, 0.1) is 0 Å². The fourth-order valence-electron chi connectivity index (χ4n) is 0. The minimum atomic E-state index is 0. The molecule has 0 rings (SSSR count). The van der Waals surface area contributed by atoms with Crippen molar-refractivity contribution in [1.29, 1.82) is 0 Å². The van der Waals surface area contributed by atoms with E-state index in [-0.39, 0.29) is 76.9 Å². The minimum Gasteiger partial charge on any atom is -1.00 e. The zero-order chi connectivity index (χ0) is 0. The van der Waals surface area contributed by atoms with E-state index in [0.717, 1.165) is 0 Å². The Morgan fingerprint density at radius 1 is 0.667 bits per heavy atom. The van der Waals surface area contributed by atoms with Crippen LogP contribution in [0.15, 0.2) is 0 Å². The van der Waals surface area contributed by atoms with Crippen molar-refractivity contribution < 1.29 is 37.2 Å². The van der Waals surface area contributed by atoms with Crippen molar-refractivity contribution in [2.75, 3.05) is 0 Å². The predicted octanol–water partition coefficient (Wildman–Crippen LogP) is -8.89. The fraction of sp³-hybridized carbons (Fsp3) is 0. The molecule has 0 saturated heterocycles. The van der Waals surface area contributed by atoms with E-state index in [4.69, 9.17) is 0 Å². The Labute approximate surface area is 76.6 Å². The molecule has 1 atom stereocenters. The van der Waals surface area contributed by atoms with Crippen LogP contribution in [-0.2, 0) is 0 Å². The number of halogens is 4. The molecule has 0 bridgehead atoms. The van der Waals surface area contributed by atoms with Crippen LogP contribution in [0.4, 0.5) is 0 Å². The van der Waals surface area contributed by atoms with E-state index in [1.807, 2.05) is 0 Å². The molecule has 6 heteroatoms. The number of hydrogen-bond donors (Lipinski definition) is 0. The molecular weight excluding hydrogens is 200 g/mol. The van der Waals surface area contributed by atoms with Gasteiger partial charge in [-0.2, -0.15) is 9.90 Å². The van der Waals surface area contributed by atoms with Gasteiger partial charge in [0, 0.05) is 0 Å². The average molecular weight is 204 g/mol. The van der Waals surface area contributed by atoms with Crippen LogP contribution in [0.1, 0.15) is 0 Å². The quantitative estimate of drug-likeness (QED) is 0.271. The summed E-state index contributed by atoms with van der Waals surface area (Å²) in [6.07, 6.45) is 0. The standard InChI is InChI=1S/Al.4ClH.H3P/h;4*1H;1H3/q+3;;;;;/p-3. The predicted molar refractivity (Wildman–Crippen MR) is 24.1 cm³/mol. The molecule has 0 heterocycles. The third-order valence-corrected chi connectivity index (χ3v) is 0. The van der Waals surface area contributed by atoms with E-state index < -0.39 is 0 Å². The second-order valence-electron chi connectivity index (χ2n) is 0. The SMILES string of the molecule is Cl.P.[Al+3].[Cl-].[Cl-].[Cl-]. The van der Waals surface area contributed by atoms with E-state index >= 15 is 0 Å². The maximum absolute atomic E-state index is 0. The Hall–Kier alpha value is 2.12. The van der Waals surface area contributed by atoms with Crippen LogP contribution in [0, 0.1) is 0 Å². The Bertz CT molecular complexity index is 7.51. The van der Waals surface area contributed by atoms with Crippen LogP contribution < -0.4 is 37.2 Å². The first-order valence-electron chi connectivity index (χ1n) is 0. The second-order valence-corrected chi connectivity index (χ2v) is 0. The van der Waals surface area contributed by atoms with Crippen molar-refractivity contribution in [3.63, 3.8) is 0 Å². The molecule has 0 spiro atoms. The maximum Gasteiger partial charge on any atom is 3.00 e. The average Bonchev–Trinajstić information content (AvgIpc) is 0. The van der Waals surface area contributed by atoms with Crippen molar-refractivity contribution in [3.05, 3.63) is 0 Å². The molecule has 0 nitrogen and oxygen atoms in total. The molecule has 40 valence electrons. The smallest absolute Gasteiger partial charge is 1.00 e. The van der Waals surface area contributed by atoms with E-state index in [1.165, 1.54) is 0 Å². The van der Waals surface area contributed by atoms with Crippen LogP contribution in [0.2, 0.25) is 0 Å². The Morgan fingerprint density at radius 3 is 0.667 bits per heavy atom. The van der Waals surface area contributed by atoms with Crippen LogP contribution >= 0.6 is 22.3 Å². The van der Waals surface area contributed by atoms with Crippen LogP contribution in [0.3, 0.4) is 0 Å². The molecule has 0 aromatic carbocycles. The molecule has 0 N–H and O–H groups in total. The summed E-state index contributed by atoms with van der Waals surface area (Å²) in [7, 11) is 0. The second kappa shape index (κ2) is 59.3. The monoisotopic (exact) mass is 202 g/mol. The first kappa shape index (κ1) is 91.5. The molecule has 0 amide bonds. The molecule has 0 aliphatic heterocycles. The number of hydrogen-bond acceptors (Lipinski definition) is 0. The largest absolute Gasteiger partial charge is 3.00 e. The van der Waals surface area contributed by atoms with Crippen molar-refractivity contribution >= 4 is 39.7 Å². The minimum absolute atomic E-state index is 0. The summed E-state index contributed by atoms with van der Waals surface area (Å²) in [4.78, 5) is 0. The topological polar surface area (TPSA) is 0 Å². The third-order valence-electron chi connectivity index (χ3n) is 0. The van der Waals surface area contributed by atoms with Gasteiger partial charge in [0.25, 0.3) is 0 Å². The van der Waals surface area contributed by atoms with Gasteiger partial charge in [-0.05, 0) is 0 Å². The Kier molecular flexibility index (Phi) is 903. The van der Waals surface area contributed by atoms with Crippen molar-refractivity contribution in [3.8, 4) is 0 Å². The summed E-state index contributed by atoms with van der Waals surface area (Å²) >= 11 is 0. The molecule has 0 aliphatic rings. The van der Waals surface area contributed by atoms with E-state index in [2.05, 4.69) is 0 Å². The molecule has 0 fully saturated rings. The van der Waals surface area contributed by atoms with Gasteiger partial charge in [0.1, 0.15) is 0 Å². The summed E-state index contributed by atoms with van der Waals surface area (Å²) in [5.74, 6) is 0. The van der Waals surface area contributed by atoms with Gasteiger partial charge in [-0.15, -0.1) is 12.4 Å². The van der Waals surface area contributed by atoms with E-state index in [1.54, 1.807) is 0 Å². The maximum atomic E-state index is 0. The van der Waals surface area contributed by atoms with Gasteiger partial charge < -0.3 is 37.2 Å². The molecule has 0 aromatic heterocycles. The third kappa shape index (κ3) is 35.7. The molecular formula is H4AlCl4P. The summed E-state index contributed by atoms with van der Waals surface area (Å²) in [5.41, 5.74) is 0. The zero-order valence-corrected chi connectivity index (χ0v) is 8.48. The number of rotatable bonds is 0. The zero-order valence-electron chi connectivity index (χ0n) is 2.83. The van der Waals surface area contributed by atoms with Crippen LogP contribution in [0.5, 0.6) is 0 Å². The van der Waals surface area contributed by atoms with Gasteiger partial charge in [0.2, 0.25) is 0 Å². The van der Waals surface area contributed by atoms with Gasteiger partial charge in [-0.25, -0.2) is 0 Å². The molecule has 0 saturated carbocycles. The first-order chi connectivity index (χ1) is 0. The van der Waals surface area contributed by atoms with Crippen LogP contribution in [-0.4, -0.2) is 17.4 Å². The van der Waals surface area contributed by atoms with Gasteiger partial charge in [0.15, 0.2) is 0 Å². The molecule has 0 aromatic rings. The van der Waals surface area contributed by atoms with E-state index in [9.17, 15) is 0 Å². The van der Waals surface area contributed by atoms with Gasteiger partial charge >= 0.3 is 17.4 Å². The fourth-order valence-corrected chi connectivity index (χ4v) is 0. The summed E-state index contributed by atoms with van der Waals surface area (Å²) in [6.45, 7) is 0. The molecule has 6 heavy (non-hydrogen) atoms. The normalized spacial score (nSPS) is 0. The van der Waals surface area contributed by atoms with Gasteiger partial charge in [-0.1, -0.05) is 0 Å². The Balaban J connectivity index is 0. The van der Waals surface area contributed by atoms with Crippen molar-refractivity contribution in [1.82, 2.24) is 0 Å². The first-order valence-corrected chi connectivity index (χ1v) is 0.